The molecule has 0 spiro atoms. The van der Waals surface area contributed by atoms with Gasteiger partial charge in [0.25, 0.3) is 0 Å². The van der Waals surface area contributed by atoms with Gasteiger partial charge in [-0.2, -0.15) is 0 Å². The second-order valence-corrected chi connectivity index (χ2v) is 4.53. The number of hydrogen-bond acceptors (Lipinski definition) is 5. The SMILES string of the molecule is NCC(=O)Nc1ccc(NCCc2ccc(O)cc2)nc1. The van der Waals surface area contributed by atoms with E-state index >= 15 is 0 Å². The van der Waals surface area contributed by atoms with Gasteiger partial charge in [-0.1, -0.05) is 12.1 Å². The molecule has 0 saturated carbocycles. The molecule has 6 heteroatoms. The molecule has 0 aliphatic heterocycles. The predicted octanol–water partition coefficient (Wildman–Crippen LogP) is 1.34. The van der Waals surface area contributed by atoms with E-state index in [0.717, 1.165) is 24.3 Å². The first-order valence-corrected chi connectivity index (χ1v) is 6.65. The Kier molecular flexibility index (Phi) is 5.11. The third-order valence-corrected chi connectivity index (χ3v) is 2.89. The monoisotopic (exact) mass is 286 g/mol. The Labute approximate surface area is 123 Å². The van der Waals surface area contributed by atoms with Crippen LogP contribution in [0.15, 0.2) is 42.6 Å². The smallest absolute Gasteiger partial charge is 0.238 e. The number of carbonyl (C=O) groups excluding carboxylic acids is 1. The third kappa shape index (κ3) is 4.77. The topological polar surface area (TPSA) is 100 Å². The van der Waals surface area contributed by atoms with E-state index in [0.29, 0.717) is 5.69 Å². The first kappa shape index (κ1) is 14.8. The molecule has 0 fully saturated rings. The van der Waals surface area contributed by atoms with E-state index in [-0.39, 0.29) is 18.2 Å². The second-order valence-electron chi connectivity index (χ2n) is 4.53. The van der Waals surface area contributed by atoms with Gasteiger partial charge in [0.05, 0.1) is 18.4 Å². The van der Waals surface area contributed by atoms with Gasteiger partial charge < -0.3 is 21.5 Å². The number of phenols is 1. The Bertz CT molecular complexity index is 582. The summed E-state index contributed by atoms with van der Waals surface area (Å²) in [7, 11) is 0. The fourth-order valence-electron chi connectivity index (χ4n) is 1.78. The van der Waals surface area contributed by atoms with Gasteiger partial charge >= 0.3 is 0 Å². The minimum atomic E-state index is -0.246. The van der Waals surface area contributed by atoms with E-state index in [2.05, 4.69) is 15.6 Å². The van der Waals surface area contributed by atoms with Crippen LogP contribution in [0.5, 0.6) is 5.75 Å². The average molecular weight is 286 g/mol. The molecule has 1 amide bonds. The number of anilines is 2. The van der Waals surface area contributed by atoms with Crippen molar-refractivity contribution in [1.29, 1.82) is 0 Å². The highest BCUT2D eigenvalue weighted by atomic mass is 16.3. The number of nitrogens with two attached hydrogens (primary N) is 1. The van der Waals surface area contributed by atoms with Crippen molar-refractivity contribution >= 4 is 17.4 Å². The van der Waals surface area contributed by atoms with Crippen LogP contribution in [0.1, 0.15) is 5.56 Å². The number of rotatable bonds is 6. The normalized spacial score (nSPS) is 10.1. The van der Waals surface area contributed by atoms with Crippen LogP contribution in [0.25, 0.3) is 0 Å². The first-order valence-electron chi connectivity index (χ1n) is 6.65. The second kappa shape index (κ2) is 7.25. The average Bonchev–Trinajstić information content (AvgIpc) is 2.51. The Morgan fingerprint density at radius 1 is 1.19 bits per heavy atom. The Morgan fingerprint density at radius 3 is 2.57 bits per heavy atom. The molecule has 6 nitrogen and oxygen atoms in total. The van der Waals surface area contributed by atoms with Gasteiger partial charge in [-0.3, -0.25) is 4.79 Å². The summed E-state index contributed by atoms with van der Waals surface area (Å²) in [5.41, 5.74) is 6.97. The molecular formula is C15H18N4O2. The number of hydrogen-bond donors (Lipinski definition) is 4. The summed E-state index contributed by atoms with van der Waals surface area (Å²) in [6.45, 7) is 0.679. The first-order chi connectivity index (χ1) is 10.2. The van der Waals surface area contributed by atoms with Crippen LogP contribution in [-0.4, -0.2) is 29.1 Å². The number of phenolic OH excluding ortho intramolecular Hbond substituents is 1. The van der Waals surface area contributed by atoms with Crippen molar-refractivity contribution in [1.82, 2.24) is 4.98 Å². The van der Waals surface area contributed by atoms with Crippen molar-refractivity contribution in [2.45, 2.75) is 6.42 Å². The largest absolute Gasteiger partial charge is 0.508 e. The van der Waals surface area contributed by atoms with Crippen LogP contribution in [0, 0.1) is 0 Å². The zero-order valence-electron chi connectivity index (χ0n) is 11.5. The lowest BCUT2D eigenvalue weighted by Crippen LogP contribution is -2.21. The summed E-state index contributed by atoms with van der Waals surface area (Å²) in [5.74, 6) is 0.757. The number of benzene rings is 1. The summed E-state index contributed by atoms with van der Waals surface area (Å²) in [6, 6.07) is 10.7. The molecule has 2 aromatic rings. The molecule has 1 aromatic carbocycles. The zero-order chi connectivity index (χ0) is 15.1. The molecule has 0 aliphatic carbocycles. The number of pyridine rings is 1. The Morgan fingerprint density at radius 2 is 1.95 bits per heavy atom. The molecule has 0 radical (unpaired) electrons. The molecule has 0 unspecified atom stereocenters. The summed E-state index contributed by atoms with van der Waals surface area (Å²) < 4.78 is 0. The third-order valence-electron chi connectivity index (χ3n) is 2.89. The lowest BCUT2D eigenvalue weighted by molar-refractivity contribution is -0.114. The maximum absolute atomic E-state index is 11.1. The van der Waals surface area contributed by atoms with Crippen molar-refractivity contribution in [2.75, 3.05) is 23.7 Å². The molecule has 21 heavy (non-hydrogen) atoms. The molecule has 0 bridgehead atoms. The molecule has 2 rings (SSSR count). The summed E-state index contributed by atoms with van der Waals surface area (Å²) in [6.07, 6.45) is 2.41. The molecule has 1 heterocycles. The molecule has 110 valence electrons. The van der Waals surface area contributed by atoms with Crippen molar-refractivity contribution < 1.29 is 9.90 Å². The fourth-order valence-corrected chi connectivity index (χ4v) is 1.78. The van der Waals surface area contributed by atoms with Gasteiger partial charge in [0.1, 0.15) is 11.6 Å². The number of carbonyl (C=O) groups is 1. The lowest BCUT2D eigenvalue weighted by atomic mass is 10.1. The van der Waals surface area contributed by atoms with E-state index in [9.17, 15) is 9.90 Å². The number of aromatic nitrogens is 1. The van der Waals surface area contributed by atoms with E-state index < -0.39 is 0 Å². The van der Waals surface area contributed by atoms with Gasteiger partial charge in [0, 0.05) is 6.54 Å². The van der Waals surface area contributed by atoms with Crippen molar-refractivity contribution in [2.24, 2.45) is 5.73 Å². The fraction of sp³-hybridized carbons (Fsp3) is 0.200. The Hall–Kier alpha value is -2.60. The highest BCUT2D eigenvalue weighted by Gasteiger charge is 2.00. The zero-order valence-corrected chi connectivity index (χ0v) is 11.5. The van der Waals surface area contributed by atoms with E-state index in [4.69, 9.17) is 5.73 Å². The number of nitrogens with zero attached hydrogens (tertiary/aromatic N) is 1. The minimum Gasteiger partial charge on any atom is -0.508 e. The van der Waals surface area contributed by atoms with E-state index in [1.54, 1.807) is 30.5 Å². The number of amides is 1. The van der Waals surface area contributed by atoms with Crippen LogP contribution in [0.3, 0.4) is 0 Å². The Balaban J connectivity index is 1.80. The quantitative estimate of drug-likeness (QED) is 0.642. The van der Waals surface area contributed by atoms with Gasteiger partial charge in [-0.25, -0.2) is 4.98 Å². The predicted molar refractivity (Wildman–Crippen MR) is 82.2 cm³/mol. The van der Waals surface area contributed by atoms with E-state index in [1.165, 1.54) is 0 Å². The summed E-state index contributed by atoms with van der Waals surface area (Å²) in [5, 5.41) is 15.0. The number of aromatic hydroxyl groups is 1. The van der Waals surface area contributed by atoms with Crippen LogP contribution < -0.4 is 16.4 Å². The van der Waals surface area contributed by atoms with Crippen molar-refractivity contribution in [3.8, 4) is 5.75 Å². The van der Waals surface area contributed by atoms with E-state index in [1.807, 2.05) is 12.1 Å². The van der Waals surface area contributed by atoms with Crippen molar-refractivity contribution in [3.05, 3.63) is 48.2 Å². The molecule has 0 atom stereocenters. The highest BCUT2D eigenvalue weighted by Crippen LogP contribution is 2.12. The van der Waals surface area contributed by atoms with Gasteiger partial charge in [0.15, 0.2) is 0 Å². The van der Waals surface area contributed by atoms with Crippen LogP contribution >= 0.6 is 0 Å². The standard InChI is InChI=1S/C15H18N4O2/c16-9-15(21)19-12-3-6-14(18-10-12)17-8-7-11-1-4-13(20)5-2-11/h1-6,10,20H,7-9,16H2,(H,17,18)(H,19,21). The van der Waals surface area contributed by atoms with Gasteiger partial charge in [-0.05, 0) is 36.2 Å². The summed E-state index contributed by atoms with van der Waals surface area (Å²) in [4.78, 5) is 15.3. The van der Waals surface area contributed by atoms with Gasteiger partial charge in [0.2, 0.25) is 5.91 Å². The molecule has 5 N–H and O–H groups in total. The van der Waals surface area contributed by atoms with Gasteiger partial charge in [-0.15, -0.1) is 0 Å². The molecule has 0 aliphatic rings. The van der Waals surface area contributed by atoms with Crippen LogP contribution in [0.4, 0.5) is 11.5 Å². The minimum absolute atomic E-state index is 0.0490. The van der Waals surface area contributed by atoms with Crippen LogP contribution in [-0.2, 0) is 11.2 Å². The van der Waals surface area contributed by atoms with Crippen LogP contribution in [0.2, 0.25) is 0 Å². The highest BCUT2D eigenvalue weighted by molar-refractivity contribution is 5.91. The lowest BCUT2D eigenvalue weighted by Gasteiger charge is -2.07. The summed E-state index contributed by atoms with van der Waals surface area (Å²) >= 11 is 0. The molecular weight excluding hydrogens is 268 g/mol. The maximum Gasteiger partial charge on any atom is 0.238 e. The molecule has 1 aromatic heterocycles. The molecule has 0 saturated heterocycles. The van der Waals surface area contributed by atoms with Crippen molar-refractivity contribution in [3.63, 3.8) is 0 Å². The number of nitrogens with one attached hydrogen (secondary N) is 2. The maximum atomic E-state index is 11.1.